The van der Waals surface area contributed by atoms with Crippen molar-refractivity contribution in [3.63, 3.8) is 0 Å². The van der Waals surface area contributed by atoms with Gasteiger partial charge in [0.25, 0.3) is 5.91 Å². The molecular weight excluding hydrogens is 606 g/mol. The molecule has 1 saturated carbocycles. The van der Waals surface area contributed by atoms with E-state index >= 15 is 4.39 Å². The molecule has 1 aliphatic carbocycles. The Bertz CT molecular complexity index is 1700. The van der Waals surface area contributed by atoms with Crippen LogP contribution in [0, 0.1) is 25.6 Å². The number of carbonyl (C=O) groups is 2. The van der Waals surface area contributed by atoms with Crippen LogP contribution in [0.4, 0.5) is 23.2 Å². The Kier molecular flexibility index (Phi) is 9.00. The van der Waals surface area contributed by atoms with Gasteiger partial charge in [0.05, 0.1) is 24.9 Å². The molecule has 2 amide bonds. The number of primary amides is 1. The number of benzene rings is 1. The Balaban J connectivity index is 1.38. The van der Waals surface area contributed by atoms with Gasteiger partial charge in [0.15, 0.2) is 11.6 Å². The number of halogens is 4. The van der Waals surface area contributed by atoms with Gasteiger partial charge < -0.3 is 21.1 Å². The molecule has 0 spiro atoms. The summed E-state index contributed by atoms with van der Waals surface area (Å²) in [6.45, 7) is 5.76. The van der Waals surface area contributed by atoms with Gasteiger partial charge in [0.2, 0.25) is 5.91 Å². The minimum atomic E-state index is -4.60. The lowest BCUT2D eigenvalue weighted by Gasteiger charge is -2.39. The van der Waals surface area contributed by atoms with Gasteiger partial charge in [-0.25, -0.2) is 19.3 Å². The Morgan fingerprint density at radius 1 is 1.07 bits per heavy atom. The number of aryl methyl sites for hydroxylation is 2. The number of ether oxygens (including phenoxy) is 1. The van der Waals surface area contributed by atoms with Crippen molar-refractivity contribution >= 4 is 23.3 Å². The number of hydrogen-bond acceptors (Lipinski definition) is 7. The minimum absolute atomic E-state index is 0.0478. The maximum absolute atomic E-state index is 15.5. The first-order valence-electron chi connectivity index (χ1n) is 14.9. The molecule has 4 N–H and O–H groups in total. The van der Waals surface area contributed by atoms with Crippen molar-refractivity contribution in [2.75, 3.05) is 18.6 Å². The Hall–Kier alpha value is -4.62. The van der Waals surface area contributed by atoms with Crippen LogP contribution in [0.5, 0.6) is 5.75 Å². The van der Waals surface area contributed by atoms with E-state index < -0.39 is 35.4 Å². The van der Waals surface area contributed by atoms with Crippen LogP contribution >= 0.6 is 0 Å². The summed E-state index contributed by atoms with van der Waals surface area (Å²) in [5.41, 5.74) is 13.6. The lowest BCUT2D eigenvalue weighted by Crippen LogP contribution is -2.43. The second kappa shape index (κ2) is 12.6. The zero-order chi connectivity index (χ0) is 33.5. The molecule has 2 fully saturated rings. The number of piperidine rings is 1. The van der Waals surface area contributed by atoms with Crippen LogP contribution in [-0.4, -0.2) is 52.3 Å². The highest BCUT2D eigenvalue weighted by molar-refractivity contribution is 6.05. The molecule has 2 atom stereocenters. The van der Waals surface area contributed by atoms with Gasteiger partial charge in [0.1, 0.15) is 17.4 Å². The topological polar surface area (TPSA) is 150 Å². The van der Waals surface area contributed by atoms with Gasteiger partial charge in [-0.2, -0.15) is 18.2 Å². The summed E-state index contributed by atoms with van der Waals surface area (Å²) in [5.74, 6) is -2.11. The average Bonchev–Trinajstić information content (AvgIpc) is 3.81. The number of anilines is 1. The number of alkyl halides is 3. The Morgan fingerprint density at radius 2 is 1.74 bits per heavy atom. The van der Waals surface area contributed by atoms with E-state index in [0.29, 0.717) is 60.4 Å². The summed E-state index contributed by atoms with van der Waals surface area (Å²) >= 11 is 0. The fourth-order valence-electron chi connectivity index (χ4n) is 6.12. The fraction of sp³-hybridized carbons (Fsp3) is 0.438. The van der Waals surface area contributed by atoms with Gasteiger partial charge in [0, 0.05) is 46.9 Å². The first kappa shape index (κ1) is 32.8. The molecule has 10 nitrogen and oxygen atoms in total. The van der Waals surface area contributed by atoms with Crippen LogP contribution < -0.4 is 21.1 Å². The summed E-state index contributed by atoms with van der Waals surface area (Å²) in [4.78, 5) is 43.3. The number of aliphatic imine (C=N–C) groups is 1. The number of nitrogens with zero attached hydrogens (tertiary/aromatic N) is 5. The molecule has 5 rings (SSSR count). The van der Waals surface area contributed by atoms with Crippen LogP contribution in [0.2, 0.25) is 0 Å². The van der Waals surface area contributed by atoms with Crippen LogP contribution in [0.1, 0.15) is 72.7 Å². The van der Waals surface area contributed by atoms with Crippen molar-refractivity contribution in [3.05, 3.63) is 64.2 Å². The third kappa shape index (κ3) is 6.80. The molecule has 2 aromatic heterocycles. The molecular formula is C32H35F4N7O3. The molecule has 1 aliphatic heterocycles. The molecule has 3 heterocycles. The minimum Gasteiger partial charge on any atom is -0.492 e. The number of methoxy groups -OCH3 is 1. The van der Waals surface area contributed by atoms with Gasteiger partial charge in [-0.3, -0.25) is 9.59 Å². The van der Waals surface area contributed by atoms with Gasteiger partial charge >= 0.3 is 6.18 Å². The SMILES string of the molecule is COc1c(F)cc(-c2c(C)nc(CC(N)=O)nc2C)cc1N1CC[C@H](C(=O)N=C(N)c2ccc(C(F)(F)F)nc2C2CC2)CC1C. The van der Waals surface area contributed by atoms with E-state index in [-0.39, 0.29) is 47.0 Å². The van der Waals surface area contributed by atoms with Gasteiger partial charge in [-0.1, -0.05) is 0 Å². The number of nitrogens with two attached hydrogens (primary N) is 2. The molecule has 46 heavy (non-hydrogen) atoms. The van der Waals surface area contributed by atoms with E-state index in [1.54, 1.807) is 19.9 Å². The average molecular weight is 642 g/mol. The molecule has 1 saturated heterocycles. The normalized spacial score (nSPS) is 18.9. The van der Waals surface area contributed by atoms with Crippen LogP contribution in [0.15, 0.2) is 29.3 Å². The lowest BCUT2D eigenvalue weighted by molar-refractivity contribution is -0.141. The van der Waals surface area contributed by atoms with Gasteiger partial charge in [-0.05, 0) is 76.3 Å². The van der Waals surface area contributed by atoms with Crippen molar-refractivity contribution in [2.45, 2.75) is 71.0 Å². The third-order valence-electron chi connectivity index (χ3n) is 8.39. The number of hydrogen-bond donors (Lipinski definition) is 2. The van der Waals surface area contributed by atoms with Crippen molar-refractivity contribution in [3.8, 4) is 16.9 Å². The quantitative estimate of drug-likeness (QED) is 0.203. The largest absolute Gasteiger partial charge is 0.492 e. The second-order valence-corrected chi connectivity index (χ2v) is 11.8. The molecule has 0 bridgehead atoms. The predicted molar refractivity (Wildman–Crippen MR) is 163 cm³/mol. The van der Waals surface area contributed by atoms with Crippen molar-refractivity contribution in [2.24, 2.45) is 22.4 Å². The fourth-order valence-corrected chi connectivity index (χ4v) is 6.12. The number of carbonyl (C=O) groups excluding carboxylic acids is 2. The highest BCUT2D eigenvalue weighted by Crippen LogP contribution is 2.43. The molecule has 244 valence electrons. The van der Waals surface area contributed by atoms with Crippen molar-refractivity contribution < 1.29 is 31.9 Å². The molecule has 3 aromatic rings. The molecule has 1 unspecified atom stereocenters. The Labute approximate surface area is 263 Å². The highest BCUT2D eigenvalue weighted by atomic mass is 19.4. The van der Waals surface area contributed by atoms with E-state index in [4.69, 9.17) is 16.2 Å². The zero-order valence-electron chi connectivity index (χ0n) is 25.9. The maximum Gasteiger partial charge on any atom is 0.433 e. The van der Waals surface area contributed by atoms with Crippen molar-refractivity contribution in [1.82, 2.24) is 15.0 Å². The first-order valence-corrected chi connectivity index (χ1v) is 14.9. The molecule has 0 radical (unpaired) electrons. The smallest absolute Gasteiger partial charge is 0.433 e. The number of aromatic nitrogens is 3. The summed E-state index contributed by atoms with van der Waals surface area (Å²) in [7, 11) is 1.38. The third-order valence-corrected chi connectivity index (χ3v) is 8.39. The number of pyridine rings is 1. The van der Waals surface area contributed by atoms with Crippen molar-refractivity contribution in [1.29, 1.82) is 0 Å². The predicted octanol–water partition coefficient (Wildman–Crippen LogP) is 4.76. The van der Waals surface area contributed by atoms with Crippen LogP contribution in [-0.2, 0) is 22.2 Å². The first-order chi connectivity index (χ1) is 21.7. The summed E-state index contributed by atoms with van der Waals surface area (Å²) < 4.78 is 60.7. The van der Waals surface area contributed by atoms with E-state index in [0.717, 1.165) is 6.07 Å². The number of rotatable bonds is 8. The maximum atomic E-state index is 15.5. The zero-order valence-corrected chi connectivity index (χ0v) is 25.9. The van der Waals surface area contributed by atoms with E-state index in [2.05, 4.69) is 19.9 Å². The number of amidine groups is 1. The van der Waals surface area contributed by atoms with Gasteiger partial charge in [-0.15, -0.1) is 0 Å². The number of amides is 2. The standard InChI is InChI=1S/C32H35F4N7O3/c1-15-11-19(31(45)42-30(38)21-7-8-24(32(34,35)36)41-28(21)18-5-6-18)9-10-43(15)23-13-20(12-22(33)29(23)46-4)27-16(2)39-26(14-25(37)44)40-17(27)3/h7-8,12-13,15,18-19H,5-6,9-11,14H2,1-4H3,(H2,37,44)(H2,38,42,45)/t15?,19-/m0/s1. The summed E-state index contributed by atoms with van der Waals surface area (Å²) in [6, 6.07) is 4.97. The van der Waals surface area contributed by atoms with Crippen LogP contribution in [0.3, 0.4) is 0 Å². The van der Waals surface area contributed by atoms with E-state index in [9.17, 15) is 22.8 Å². The Morgan fingerprint density at radius 3 is 2.30 bits per heavy atom. The van der Waals surface area contributed by atoms with Crippen LogP contribution in [0.25, 0.3) is 11.1 Å². The monoisotopic (exact) mass is 641 g/mol. The van der Waals surface area contributed by atoms with E-state index in [1.165, 1.54) is 19.2 Å². The van der Waals surface area contributed by atoms with E-state index in [1.807, 2.05) is 11.8 Å². The summed E-state index contributed by atoms with van der Waals surface area (Å²) in [5, 5.41) is 0. The highest BCUT2D eigenvalue weighted by Gasteiger charge is 2.37. The molecule has 2 aliphatic rings. The molecule has 1 aromatic carbocycles. The summed E-state index contributed by atoms with van der Waals surface area (Å²) in [6.07, 6.45) is -2.59. The second-order valence-electron chi connectivity index (χ2n) is 11.8. The molecule has 14 heteroatoms. The lowest BCUT2D eigenvalue weighted by atomic mass is 9.90.